The molecular weight excluding hydrogens is 334 g/mol. The number of Topliss-reactive ketones (excluding diaryl/α,β-unsaturated/α-hetero) is 1. The summed E-state index contributed by atoms with van der Waals surface area (Å²) >= 11 is 3.18. The number of amides is 1. The predicted octanol–water partition coefficient (Wildman–Crippen LogP) is 3.78. The van der Waals surface area contributed by atoms with Crippen molar-refractivity contribution in [2.24, 2.45) is 0 Å². The van der Waals surface area contributed by atoms with Crippen molar-refractivity contribution in [1.29, 1.82) is 0 Å². The van der Waals surface area contributed by atoms with Crippen LogP contribution in [0, 0.1) is 0 Å². The number of halogens is 1. The van der Waals surface area contributed by atoms with Crippen LogP contribution < -0.4 is 5.32 Å². The van der Waals surface area contributed by atoms with Gasteiger partial charge in [-0.2, -0.15) is 0 Å². The average Bonchev–Trinajstić information content (AvgIpc) is 2.78. The second kappa shape index (κ2) is 6.18. The number of benzene rings is 1. The van der Waals surface area contributed by atoms with E-state index >= 15 is 0 Å². The highest BCUT2D eigenvalue weighted by Gasteiger charge is 2.26. The number of hydrogen-bond donors (Lipinski definition) is 1. The molecule has 114 valence electrons. The Balaban J connectivity index is 2.09. The number of rotatable bonds is 3. The van der Waals surface area contributed by atoms with Crippen LogP contribution in [0.5, 0.6) is 0 Å². The number of alkyl carbamates (subject to hydrolysis) is 1. The minimum absolute atomic E-state index is 0.0389. The van der Waals surface area contributed by atoms with Crippen LogP contribution in [0.2, 0.25) is 0 Å². The van der Waals surface area contributed by atoms with Crippen LogP contribution >= 0.6 is 15.9 Å². The molecule has 1 amide bonds. The molecule has 0 saturated carbocycles. The number of hydrogen-bond acceptors (Lipinski definition) is 3. The zero-order chi connectivity index (χ0) is 15.6. The number of carbonyl (C=O) groups excluding carboxylic acids is 2. The van der Waals surface area contributed by atoms with Gasteiger partial charge < -0.3 is 10.1 Å². The summed E-state index contributed by atoms with van der Waals surface area (Å²) in [5.41, 5.74) is 2.41. The lowest BCUT2D eigenvalue weighted by atomic mass is 10.0. The number of aryl methyl sites for hydroxylation is 1. The van der Waals surface area contributed by atoms with Gasteiger partial charge in [-0.25, -0.2) is 4.79 Å². The van der Waals surface area contributed by atoms with E-state index < -0.39 is 11.7 Å². The Labute approximate surface area is 133 Å². The number of fused-ring (bicyclic) bond motifs is 1. The van der Waals surface area contributed by atoms with Crippen LogP contribution in [-0.4, -0.2) is 22.8 Å². The summed E-state index contributed by atoms with van der Waals surface area (Å²) in [7, 11) is 0. The van der Waals surface area contributed by atoms with Gasteiger partial charge in [-0.15, -0.1) is 0 Å². The molecule has 4 nitrogen and oxygen atoms in total. The summed E-state index contributed by atoms with van der Waals surface area (Å²) in [4.78, 5) is 23.5. The molecule has 1 N–H and O–H groups in total. The fraction of sp³-hybridized carbons (Fsp3) is 0.500. The van der Waals surface area contributed by atoms with Gasteiger partial charge in [0, 0.05) is 5.56 Å². The van der Waals surface area contributed by atoms with E-state index in [9.17, 15) is 9.59 Å². The van der Waals surface area contributed by atoms with E-state index in [0.717, 1.165) is 24.0 Å². The Morgan fingerprint density at radius 3 is 2.71 bits per heavy atom. The van der Waals surface area contributed by atoms with Crippen molar-refractivity contribution < 1.29 is 14.3 Å². The van der Waals surface area contributed by atoms with Crippen molar-refractivity contribution >= 4 is 27.8 Å². The summed E-state index contributed by atoms with van der Waals surface area (Å²) in [5, 5.41) is 3.22. The third-order valence-electron chi connectivity index (χ3n) is 3.36. The van der Waals surface area contributed by atoms with Crippen molar-refractivity contribution in [3.8, 4) is 0 Å². The quantitative estimate of drug-likeness (QED) is 0.664. The van der Waals surface area contributed by atoms with Gasteiger partial charge >= 0.3 is 6.09 Å². The van der Waals surface area contributed by atoms with Crippen molar-refractivity contribution in [1.82, 2.24) is 5.32 Å². The normalized spacial score (nSPS) is 17.2. The van der Waals surface area contributed by atoms with E-state index in [4.69, 9.17) is 4.74 Å². The van der Waals surface area contributed by atoms with E-state index in [0.29, 0.717) is 10.9 Å². The number of ketones is 1. The summed E-state index contributed by atoms with van der Waals surface area (Å²) in [5.74, 6) is 0.0707. The molecule has 1 aromatic carbocycles. The van der Waals surface area contributed by atoms with Crippen molar-refractivity contribution in [3.63, 3.8) is 0 Å². The van der Waals surface area contributed by atoms with Crippen molar-refractivity contribution in [2.45, 2.75) is 45.3 Å². The highest BCUT2D eigenvalue weighted by Crippen LogP contribution is 2.32. The molecule has 1 aliphatic rings. The molecule has 1 aromatic rings. The third-order valence-corrected chi connectivity index (χ3v) is 3.86. The summed E-state index contributed by atoms with van der Waals surface area (Å²) in [6.07, 6.45) is 1.29. The molecule has 0 aliphatic heterocycles. The fourth-order valence-electron chi connectivity index (χ4n) is 2.47. The molecule has 2 rings (SSSR count). The minimum atomic E-state index is -0.502. The van der Waals surface area contributed by atoms with Gasteiger partial charge in [0.15, 0.2) is 5.78 Å². The maximum Gasteiger partial charge on any atom is 0.408 e. The molecule has 0 bridgehead atoms. The maximum atomic E-state index is 11.9. The Morgan fingerprint density at radius 1 is 1.38 bits per heavy atom. The van der Waals surface area contributed by atoms with Crippen LogP contribution in [0.3, 0.4) is 0 Å². The van der Waals surface area contributed by atoms with Gasteiger partial charge in [0.05, 0.1) is 11.4 Å². The molecule has 0 aromatic heterocycles. The fourth-order valence-corrected chi connectivity index (χ4v) is 2.79. The van der Waals surface area contributed by atoms with Crippen molar-refractivity contribution in [2.75, 3.05) is 5.33 Å². The van der Waals surface area contributed by atoms with Crippen LogP contribution in [0.4, 0.5) is 4.79 Å². The van der Waals surface area contributed by atoms with E-state index in [2.05, 4.69) is 21.2 Å². The van der Waals surface area contributed by atoms with E-state index in [-0.39, 0.29) is 11.8 Å². The molecule has 1 atom stereocenters. The van der Waals surface area contributed by atoms with Crippen LogP contribution in [0.25, 0.3) is 0 Å². The molecule has 0 radical (unpaired) electrons. The van der Waals surface area contributed by atoms with Gasteiger partial charge in [0.1, 0.15) is 5.60 Å². The largest absolute Gasteiger partial charge is 0.444 e. The predicted molar refractivity (Wildman–Crippen MR) is 85.0 cm³/mol. The Bertz CT molecular complexity index is 563. The van der Waals surface area contributed by atoms with E-state index in [1.54, 1.807) is 0 Å². The highest BCUT2D eigenvalue weighted by molar-refractivity contribution is 9.09. The first-order valence-electron chi connectivity index (χ1n) is 7.01. The monoisotopic (exact) mass is 353 g/mol. The molecule has 1 aliphatic carbocycles. The highest BCUT2D eigenvalue weighted by atomic mass is 79.9. The number of alkyl halides is 1. The van der Waals surface area contributed by atoms with Gasteiger partial charge in [-0.3, -0.25) is 4.79 Å². The van der Waals surface area contributed by atoms with Gasteiger partial charge in [0.25, 0.3) is 0 Å². The van der Waals surface area contributed by atoms with E-state index in [1.807, 2.05) is 39.0 Å². The smallest absolute Gasteiger partial charge is 0.408 e. The van der Waals surface area contributed by atoms with Gasteiger partial charge in [-0.05, 0) is 50.8 Å². The molecular formula is C16H20BrNO3. The van der Waals surface area contributed by atoms with Crippen LogP contribution in [-0.2, 0) is 11.2 Å². The van der Waals surface area contributed by atoms with Crippen LogP contribution in [0.15, 0.2) is 18.2 Å². The first kappa shape index (κ1) is 16.0. The van der Waals surface area contributed by atoms with E-state index in [1.165, 1.54) is 0 Å². The van der Waals surface area contributed by atoms with Crippen LogP contribution in [0.1, 0.15) is 54.7 Å². The maximum absolute atomic E-state index is 11.9. The lowest BCUT2D eigenvalue weighted by Gasteiger charge is -2.22. The van der Waals surface area contributed by atoms with Crippen molar-refractivity contribution in [3.05, 3.63) is 34.9 Å². The SMILES string of the molecule is CC(C)(C)OC(=O)N[C@H]1CCc2cc(C(=O)CBr)ccc21. The number of ether oxygens (including phenoxy) is 1. The standard InChI is InChI=1S/C16H20BrNO3/c1-16(2,3)21-15(20)18-13-7-5-10-8-11(14(19)9-17)4-6-12(10)13/h4,6,8,13H,5,7,9H2,1-3H3,(H,18,20)/t13-/m0/s1. The Hall–Kier alpha value is -1.36. The first-order valence-corrected chi connectivity index (χ1v) is 8.14. The van der Waals surface area contributed by atoms with Gasteiger partial charge in [0.2, 0.25) is 0 Å². The molecule has 0 saturated heterocycles. The van der Waals surface area contributed by atoms with Gasteiger partial charge in [-0.1, -0.05) is 28.1 Å². The lowest BCUT2D eigenvalue weighted by Crippen LogP contribution is -2.34. The summed E-state index contributed by atoms with van der Waals surface area (Å²) < 4.78 is 5.28. The number of carbonyl (C=O) groups is 2. The molecule has 0 spiro atoms. The Morgan fingerprint density at radius 2 is 2.10 bits per heavy atom. The topological polar surface area (TPSA) is 55.4 Å². The molecule has 5 heteroatoms. The molecule has 0 heterocycles. The average molecular weight is 354 g/mol. The minimum Gasteiger partial charge on any atom is -0.444 e. The summed E-state index contributed by atoms with van der Waals surface area (Å²) in [6.45, 7) is 5.52. The molecule has 0 fully saturated rings. The second-order valence-electron chi connectivity index (χ2n) is 6.21. The summed E-state index contributed by atoms with van der Waals surface area (Å²) in [6, 6.07) is 5.64. The number of nitrogens with one attached hydrogen (secondary N) is 1. The second-order valence-corrected chi connectivity index (χ2v) is 6.77. The first-order chi connectivity index (χ1) is 9.80. The molecule has 21 heavy (non-hydrogen) atoms. The molecule has 0 unspecified atom stereocenters. The lowest BCUT2D eigenvalue weighted by molar-refractivity contribution is 0.0503. The zero-order valence-electron chi connectivity index (χ0n) is 12.5. The zero-order valence-corrected chi connectivity index (χ0v) is 14.1. The third kappa shape index (κ3) is 4.06. The Kier molecular flexibility index (Phi) is 4.71.